The van der Waals surface area contributed by atoms with E-state index in [1.807, 2.05) is 62.6 Å². The molecule has 0 spiro atoms. The second-order valence-electron chi connectivity index (χ2n) is 6.42. The zero-order chi connectivity index (χ0) is 20.6. The van der Waals surface area contributed by atoms with Crippen LogP contribution in [0, 0.1) is 6.92 Å². The Bertz CT molecular complexity index is 979. The summed E-state index contributed by atoms with van der Waals surface area (Å²) in [7, 11) is 9.00. The average Bonchev–Trinajstić information content (AvgIpc) is 3.42. The molecule has 0 fully saturated rings. The molecule has 0 saturated heterocycles. The summed E-state index contributed by atoms with van der Waals surface area (Å²) in [4.78, 5) is 0. The van der Waals surface area contributed by atoms with E-state index in [1.165, 1.54) is 11.1 Å². The van der Waals surface area contributed by atoms with Crippen LogP contribution < -0.4 is 0 Å². The smallest absolute Gasteiger partial charge is 0.129 e. The maximum Gasteiger partial charge on any atom is 0.129 e. The van der Waals surface area contributed by atoms with Crippen molar-refractivity contribution in [2.75, 3.05) is 0 Å². The Morgan fingerprint density at radius 1 is 0.655 bits per heavy atom. The van der Waals surface area contributed by atoms with Gasteiger partial charge in [0.1, 0.15) is 15.1 Å². The monoisotopic (exact) mass is 444 g/mol. The van der Waals surface area contributed by atoms with Gasteiger partial charge in [0.15, 0.2) is 0 Å². The fourth-order valence-corrected chi connectivity index (χ4v) is 4.90. The van der Waals surface area contributed by atoms with Gasteiger partial charge in [0, 0.05) is 45.5 Å². The van der Waals surface area contributed by atoms with E-state index in [1.54, 1.807) is 42.7 Å². The van der Waals surface area contributed by atoms with E-state index in [9.17, 15) is 0 Å². The van der Waals surface area contributed by atoms with Crippen molar-refractivity contribution >= 4 is 33.3 Å². The third kappa shape index (κ3) is 7.34. The van der Waals surface area contributed by atoms with Crippen LogP contribution in [0.2, 0.25) is 0 Å². The molecule has 0 aliphatic rings. The first-order valence-electron chi connectivity index (χ1n) is 9.00. The molecule has 0 unspecified atom stereocenters. The van der Waals surface area contributed by atoms with Crippen molar-refractivity contribution in [2.45, 2.75) is 27.8 Å². The number of hydrogen-bond acceptors (Lipinski definition) is 6. The molecule has 4 aromatic rings. The molecule has 152 valence electrons. The van der Waals surface area contributed by atoms with Gasteiger partial charge in [-0.1, -0.05) is 41.6 Å². The van der Waals surface area contributed by atoms with Crippen LogP contribution in [0.4, 0.5) is 0 Å². The summed E-state index contributed by atoms with van der Waals surface area (Å²) in [5, 5.41) is 15.9. The van der Waals surface area contributed by atoms with Gasteiger partial charge in [-0.3, -0.25) is 14.0 Å². The fraction of sp³-hybridized carbons (Fsp3) is 0.250. The minimum atomic E-state index is 0.983. The molecule has 0 N–H and O–H groups in total. The number of thioether (sulfide) groups is 1. The van der Waals surface area contributed by atoms with E-state index in [0.717, 1.165) is 20.8 Å². The molecule has 29 heavy (non-hydrogen) atoms. The van der Waals surface area contributed by atoms with E-state index in [2.05, 4.69) is 46.5 Å². The minimum absolute atomic E-state index is 0.983. The van der Waals surface area contributed by atoms with E-state index in [-0.39, 0.29) is 0 Å². The fourth-order valence-electron chi connectivity index (χ4n) is 2.27. The molecule has 3 aromatic heterocycles. The summed E-state index contributed by atoms with van der Waals surface area (Å²) in [6.07, 6.45) is 5.83. The highest BCUT2D eigenvalue weighted by Gasteiger charge is 2.02. The van der Waals surface area contributed by atoms with Crippen LogP contribution in [0.5, 0.6) is 0 Å². The lowest BCUT2D eigenvalue weighted by Gasteiger charge is -1.99. The van der Waals surface area contributed by atoms with Gasteiger partial charge < -0.3 is 0 Å². The Labute approximate surface area is 183 Å². The number of hydrogen-bond donors (Lipinski definition) is 0. The maximum absolute atomic E-state index is 4.32. The van der Waals surface area contributed by atoms with Gasteiger partial charge in [0.2, 0.25) is 0 Å². The molecule has 0 radical (unpaired) electrons. The van der Waals surface area contributed by atoms with Crippen molar-refractivity contribution in [3.63, 3.8) is 0 Å². The first kappa shape index (κ1) is 21.6. The Kier molecular flexibility index (Phi) is 7.91. The van der Waals surface area contributed by atoms with Gasteiger partial charge in [-0.05, 0) is 52.3 Å². The number of aryl methyl sites for hydroxylation is 4. The van der Waals surface area contributed by atoms with E-state index < -0.39 is 0 Å². The van der Waals surface area contributed by atoms with Crippen LogP contribution in [0.15, 0.2) is 76.1 Å². The lowest BCUT2D eigenvalue weighted by molar-refractivity contribution is 0.737. The van der Waals surface area contributed by atoms with Gasteiger partial charge >= 0.3 is 0 Å². The van der Waals surface area contributed by atoms with Crippen LogP contribution in [0.1, 0.15) is 11.1 Å². The highest BCUT2D eigenvalue weighted by atomic mass is 33.1. The second kappa shape index (κ2) is 10.6. The molecule has 0 bridgehead atoms. The summed E-state index contributed by atoms with van der Waals surface area (Å²) < 4.78 is 5.42. The molecule has 6 nitrogen and oxygen atoms in total. The standard InChI is InChI=1S/C12H14N2S.C8H10N4S2/c1-10-3-5-11(6-4-10)9-15-12-7-8-14(2)13-12;1-11-5-3-7(9-11)13-14-8-4-6-12(2)10-8/h3-8H,9H2,1-2H3;3-6H,1-2H3. The minimum Gasteiger partial charge on any atom is -0.275 e. The van der Waals surface area contributed by atoms with Crippen LogP contribution in [-0.4, -0.2) is 29.3 Å². The lowest BCUT2D eigenvalue weighted by atomic mass is 10.2. The molecule has 0 aliphatic carbocycles. The van der Waals surface area contributed by atoms with E-state index in [0.29, 0.717) is 0 Å². The van der Waals surface area contributed by atoms with Gasteiger partial charge in [-0.15, -0.1) is 0 Å². The summed E-state index contributed by atoms with van der Waals surface area (Å²) in [5.41, 5.74) is 2.65. The van der Waals surface area contributed by atoms with Gasteiger partial charge in [-0.2, -0.15) is 15.3 Å². The van der Waals surface area contributed by atoms with Crippen molar-refractivity contribution in [2.24, 2.45) is 21.1 Å². The van der Waals surface area contributed by atoms with Crippen molar-refractivity contribution in [3.8, 4) is 0 Å². The molecule has 0 aliphatic heterocycles. The normalized spacial score (nSPS) is 10.6. The number of benzene rings is 1. The summed E-state index contributed by atoms with van der Waals surface area (Å²) in [5.74, 6) is 0.983. The number of rotatable bonds is 6. The molecule has 0 atom stereocenters. The topological polar surface area (TPSA) is 53.5 Å². The Morgan fingerprint density at radius 3 is 1.52 bits per heavy atom. The predicted molar refractivity (Wildman–Crippen MR) is 122 cm³/mol. The number of nitrogens with zero attached hydrogens (tertiary/aromatic N) is 6. The maximum atomic E-state index is 4.32. The summed E-state index contributed by atoms with van der Waals surface area (Å²) in [6, 6.07) is 14.7. The second-order valence-corrected chi connectivity index (χ2v) is 9.59. The highest BCUT2D eigenvalue weighted by molar-refractivity contribution is 8.76. The molecule has 1 aromatic carbocycles. The molecule has 0 amide bonds. The van der Waals surface area contributed by atoms with Crippen LogP contribution in [0.3, 0.4) is 0 Å². The SMILES string of the molecule is Cc1ccc(CSc2ccn(C)n2)cc1.Cn1ccc(SSc2ccn(C)n2)n1. The van der Waals surface area contributed by atoms with Crippen molar-refractivity contribution in [3.05, 3.63) is 72.2 Å². The van der Waals surface area contributed by atoms with Crippen molar-refractivity contribution < 1.29 is 0 Å². The first-order valence-corrected chi connectivity index (χ1v) is 12.1. The van der Waals surface area contributed by atoms with Crippen LogP contribution >= 0.6 is 33.3 Å². The largest absolute Gasteiger partial charge is 0.275 e. The molecule has 0 saturated carbocycles. The predicted octanol–water partition coefficient (Wildman–Crippen LogP) is 4.97. The highest BCUT2D eigenvalue weighted by Crippen LogP contribution is 2.34. The average molecular weight is 445 g/mol. The molecule has 9 heteroatoms. The molecular formula is C20H24N6S3. The van der Waals surface area contributed by atoms with Crippen LogP contribution in [-0.2, 0) is 26.9 Å². The third-order valence-corrected chi connectivity index (χ3v) is 6.91. The summed E-state index contributed by atoms with van der Waals surface area (Å²) in [6.45, 7) is 2.11. The van der Waals surface area contributed by atoms with E-state index in [4.69, 9.17) is 0 Å². The first-order chi connectivity index (χ1) is 14.0. The zero-order valence-corrected chi connectivity index (χ0v) is 19.3. The lowest BCUT2D eigenvalue weighted by Crippen LogP contribution is -1.87. The van der Waals surface area contributed by atoms with Crippen molar-refractivity contribution in [1.29, 1.82) is 0 Å². The summed E-state index contributed by atoms with van der Waals surface area (Å²) >= 11 is 1.77. The van der Waals surface area contributed by atoms with Crippen LogP contribution in [0.25, 0.3) is 0 Å². The zero-order valence-electron chi connectivity index (χ0n) is 16.9. The Morgan fingerprint density at radius 2 is 1.10 bits per heavy atom. The molecule has 4 rings (SSSR count). The van der Waals surface area contributed by atoms with E-state index >= 15 is 0 Å². The Balaban J connectivity index is 0.000000166. The quantitative estimate of drug-likeness (QED) is 0.309. The molecule has 3 heterocycles. The Hall–Kier alpha value is -2.10. The van der Waals surface area contributed by atoms with Gasteiger partial charge in [-0.25, -0.2) is 0 Å². The third-order valence-electron chi connectivity index (χ3n) is 3.79. The number of aromatic nitrogens is 6. The van der Waals surface area contributed by atoms with Crippen molar-refractivity contribution in [1.82, 2.24) is 29.3 Å². The van der Waals surface area contributed by atoms with Gasteiger partial charge in [0.25, 0.3) is 0 Å². The van der Waals surface area contributed by atoms with Gasteiger partial charge in [0.05, 0.1) is 0 Å². The molecular weight excluding hydrogens is 420 g/mol.